The molecule has 0 unspecified atom stereocenters. The largest absolute Gasteiger partial charge is 0.494 e. The van der Waals surface area contributed by atoms with Gasteiger partial charge in [0.05, 0.1) is 7.11 Å². The molecule has 0 fully saturated rings. The lowest BCUT2D eigenvalue weighted by atomic mass is 10.3. The number of alkyl halides is 2. The summed E-state index contributed by atoms with van der Waals surface area (Å²) in [6, 6.07) is 4.44. The summed E-state index contributed by atoms with van der Waals surface area (Å²) < 4.78 is 32.6. The second-order valence-corrected chi connectivity index (χ2v) is 2.25. The van der Waals surface area contributed by atoms with Crippen molar-refractivity contribution in [1.29, 1.82) is 0 Å². The van der Waals surface area contributed by atoms with E-state index in [-0.39, 0.29) is 11.4 Å². The number of methoxy groups -OCH3 is 1. The Kier molecular flexibility index (Phi) is 2.89. The second-order valence-electron chi connectivity index (χ2n) is 2.25. The smallest absolute Gasteiger partial charge is 0.387 e. The summed E-state index contributed by atoms with van der Waals surface area (Å²) in [6.45, 7) is -2.88. The summed E-state index contributed by atoms with van der Waals surface area (Å²) in [4.78, 5) is 0. The summed E-state index contributed by atoms with van der Waals surface area (Å²) in [5, 5.41) is 0. The molecule has 13 heavy (non-hydrogen) atoms. The minimum Gasteiger partial charge on any atom is -0.494 e. The third-order valence-electron chi connectivity index (χ3n) is 1.46. The van der Waals surface area contributed by atoms with Crippen LogP contribution in [0.5, 0.6) is 11.5 Å². The molecule has 0 aromatic heterocycles. The van der Waals surface area contributed by atoms with E-state index in [0.717, 1.165) is 0 Å². The number of ether oxygens (including phenoxy) is 2. The van der Waals surface area contributed by atoms with E-state index < -0.39 is 6.61 Å². The number of halogens is 2. The van der Waals surface area contributed by atoms with E-state index in [1.807, 2.05) is 0 Å². The van der Waals surface area contributed by atoms with Gasteiger partial charge in [0.25, 0.3) is 0 Å². The second kappa shape index (κ2) is 3.93. The highest BCUT2D eigenvalue weighted by Gasteiger charge is 2.10. The van der Waals surface area contributed by atoms with Gasteiger partial charge in [-0.3, -0.25) is 0 Å². The van der Waals surface area contributed by atoms with Crippen LogP contribution in [-0.2, 0) is 0 Å². The normalized spacial score (nSPS) is 10.2. The van der Waals surface area contributed by atoms with Gasteiger partial charge in [0, 0.05) is 0 Å². The van der Waals surface area contributed by atoms with Gasteiger partial charge in [-0.05, 0) is 12.1 Å². The maximum Gasteiger partial charge on any atom is 0.387 e. The lowest BCUT2D eigenvalue weighted by Crippen LogP contribution is -2.05. The molecule has 0 aliphatic rings. The Bertz CT molecular complexity index is 291. The van der Waals surface area contributed by atoms with Gasteiger partial charge in [-0.25, -0.2) is 0 Å². The van der Waals surface area contributed by atoms with E-state index in [4.69, 9.17) is 10.5 Å². The summed E-state index contributed by atoms with van der Waals surface area (Å²) in [7, 11) is 1.40. The summed E-state index contributed by atoms with van der Waals surface area (Å²) in [5.41, 5.74) is 5.53. The molecule has 1 aromatic rings. The van der Waals surface area contributed by atoms with Crippen LogP contribution in [0.2, 0.25) is 0 Å². The van der Waals surface area contributed by atoms with Crippen molar-refractivity contribution in [3.63, 3.8) is 0 Å². The Morgan fingerprint density at radius 1 is 1.31 bits per heavy atom. The molecule has 1 rings (SSSR count). The Balaban J connectivity index is 2.94. The maximum absolute atomic E-state index is 11.8. The molecule has 3 nitrogen and oxygen atoms in total. The van der Waals surface area contributed by atoms with Crippen molar-refractivity contribution in [2.75, 3.05) is 12.8 Å². The highest BCUT2D eigenvalue weighted by atomic mass is 19.3. The molecule has 0 saturated carbocycles. The van der Waals surface area contributed by atoms with Crippen molar-refractivity contribution in [1.82, 2.24) is 0 Å². The number of para-hydroxylation sites is 1. The zero-order valence-corrected chi connectivity index (χ0v) is 6.96. The Hall–Kier alpha value is -1.52. The van der Waals surface area contributed by atoms with Gasteiger partial charge in [0.1, 0.15) is 11.4 Å². The lowest BCUT2D eigenvalue weighted by Gasteiger charge is -2.09. The van der Waals surface area contributed by atoms with Crippen molar-refractivity contribution >= 4 is 5.69 Å². The third kappa shape index (κ3) is 2.21. The molecule has 0 bridgehead atoms. The molecule has 0 aliphatic heterocycles. The molecule has 72 valence electrons. The Labute approximate surface area is 74.1 Å². The highest BCUT2D eigenvalue weighted by Crippen LogP contribution is 2.31. The first-order valence-corrected chi connectivity index (χ1v) is 3.52. The first-order valence-electron chi connectivity index (χ1n) is 3.52. The average molecular weight is 189 g/mol. The quantitative estimate of drug-likeness (QED) is 0.738. The number of hydrogen-bond acceptors (Lipinski definition) is 3. The van der Waals surface area contributed by atoms with Gasteiger partial charge in [-0.1, -0.05) is 6.07 Å². The third-order valence-corrected chi connectivity index (χ3v) is 1.46. The van der Waals surface area contributed by atoms with Gasteiger partial charge in [0.2, 0.25) is 0 Å². The van der Waals surface area contributed by atoms with Crippen molar-refractivity contribution < 1.29 is 18.3 Å². The van der Waals surface area contributed by atoms with Crippen LogP contribution < -0.4 is 15.2 Å². The van der Waals surface area contributed by atoms with Crippen LogP contribution in [0.25, 0.3) is 0 Å². The van der Waals surface area contributed by atoms with E-state index in [1.54, 1.807) is 6.07 Å². The van der Waals surface area contributed by atoms with Crippen LogP contribution in [-0.4, -0.2) is 13.7 Å². The maximum atomic E-state index is 11.8. The minimum atomic E-state index is -2.88. The number of benzene rings is 1. The van der Waals surface area contributed by atoms with Crippen LogP contribution in [0.1, 0.15) is 0 Å². The van der Waals surface area contributed by atoms with Crippen LogP contribution in [0.15, 0.2) is 18.2 Å². The zero-order valence-electron chi connectivity index (χ0n) is 6.96. The van der Waals surface area contributed by atoms with Gasteiger partial charge in [-0.2, -0.15) is 8.78 Å². The van der Waals surface area contributed by atoms with Gasteiger partial charge in [0.15, 0.2) is 5.75 Å². The van der Waals surface area contributed by atoms with Crippen LogP contribution in [0.3, 0.4) is 0 Å². The fourth-order valence-corrected chi connectivity index (χ4v) is 0.901. The van der Waals surface area contributed by atoms with Crippen LogP contribution in [0, 0.1) is 0 Å². The van der Waals surface area contributed by atoms with Crippen molar-refractivity contribution in [2.24, 2.45) is 0 Å². The first-order chi connectivity index (χ1) is 6.15. The molecule has 1 aromatic carbocycles. The van der Waals surface area contributed by atoms with E-state index in [2.05, 4.69) is 4.74 Å². The topological polar surface area (TPSA) is 44.5 Å². The SMILES string of the molecule is COc1cccc(OC(F)F)c1N. The van der Waals surface area contributed by atoms with E-state index in [0.29, 0.717) is 5.75 Å². The van der Waals surface area contributed by atoms with Crippen LogP contribution in [0.4, 0.5) is 14.5 Å². The molecule has 0 aliphatic carbocycles. The summed E-state index contributed by atoms with van der Waals surface area (Å²) in [5.74, 6) is 0.243. The summed E-state index contributed by atoms with van der Waals surface area (Å²) >= 11 is 0. The standard InChI is InChI=1S/C8H9F2NO2/c1-12-5-3-2-4-6(7(5)11)13-8(9)10/h2-4,8H,11H2,1H3. The predicted octanol–water partition coefficient (Wildman–Crippen LogP) is 1.88. The number of hydrogen-bond donors (Lipinski definition) is 1. The molecular weight excluding hydrogens is 180 g/mol. The van der Waals surface area contributed by atoms with Crippen molar-refractivity contribution in [3.8, 4) is 11.5 Å². The van der Waals surface area contributed by atoms with Gasteiger partial charge < -0.3 is 15.2 Å². The molecule has 2 N–H and O–H groups in total. The molecule has 0 saturated heterocycles. The number of rotatable bonds is 3. The summed E-state index contributed by atoms with van der Waals surface area (Å²) in [6.07, 6.45) is 0. The number of nitrogen functional groups attached to an aromatic ring is 1. The Morgan fingerprint density at radius 3 is 2.46 bits per heavy atom. The lowest BCUT2D eigenvalue weighted by molar-refractivity contribution is -0.0493. The fourth-order valence-electron chi connectivity index (χ4n) is 0.901. The average Bonchev–Trinajstić information content (AvgIpc) is 2.08. The number of nitrogens with two attached hydrogens (primary N) is 1. The first kappa shape index (κ1) is 9.57. The monoisotopic (exact) mass is 189 g/mol. The Morgan fingerprint density at radius 2 is 1.92 bits per heavy atom. The molecule has 0 radical (unpaired) electrons. The highest BCUT2D eigenvalue weighted by molar-refractivity contribution is 5.62. The van der Waals surface area contributed by atoms with Gasteiger partial charge >= 0.3 is 6.61 Å². The molecule has 0 spiro atoms. The molecule has 0 amide bonds. The van der Waals surface area contributed by atoms with E-state index >= 15 is 0 Å². The van der Waals surface area contributed by atoms with E-state index in [1.165, 1.54) is 19.2 Å². The van der Waals surface area contributed by atoms with Crippen LogP contribution >= 0.6 is 0 Å². The molecule has 5 heteroatoms. The van der Waals surface area contributed by atoms with E-state index in [9.17, 15) is 8.78 Å². The van der Waals surface area contributed by atoms with Crippen molar-refractivity contribution in [2.45, 2.75) is 6.61 Å². The fraction of sp³-hybridized carbons (Fsp3) is 0.250. The molecular formula is C8H9F2NO2. The number of anilines is 1. The van der Waals surface area contributed by atoms with Gasteiger partial charge in [-0.15, -0.1) is 0 Å². The molecule has 0 heterocycles. The zero-order chi connectivity index (χ0) is 9.84. The minimum absolute atomic E-state index is 0.0744. The predicted molar refractivity (Wildman–Crippen MR) is 44.0 cm³/mol. The van der Waals surface area contributed by atoms with Crippen molar-refractivity contribution in [3.05, 3.63) is 18.2 Å². The molecule has 0 atom stereocenters.